The van der Waals surface area contributed by atoms with Gasteiger partial charge in [-0.15, -0.1) is 0 Å². The van der Waals surface area contributed by atoms with Gasteiger partial charge in [-0.3, -0.25) is 0 Å². The van der Waals surface area contributed by atoms with Crippen LogP contribution >= 0.6 is 0 Å². The van der Waals surface area contributed by atoms with E-state index < -0.39 is 0 Å². The summed E-state index contributed by atoms with van der Waals surface area (Å²) in [6, 6.07) is 12.0. The smallest absolute Gasteiger partial charge is 0.231 e. The summed E-state index contributed by atoms with van der Waals surface area (Å²) < 4.78 is 22.4. The average Bonchev–Trinajstić information content (AvgIpc) is 3.20. The van der Waals surface area contributed by atoms with Crippen molar-refractivity contribution in [2.75, 3.05) is 33.0 Å². The quantitative estimate of drug-likeness (QED) is 0.617. The van der Waals surface area contributed by atoms with E-state index in [9.17, 15) is 4.79 Å². The van der Waals surface area contributed by atoms with Crippen LogP contribution in [0.5, 0.6) is 23.0 Å². The number of ether oxygens (including phenoxy) is 4. The van der Waals surface area contributed by atoms with Crippen molar-refractivity contribution >= 4 is 22.7 Å². The molecule has 0 fully saturated rings. The van der Waals surface area contributed by atoms with Gasteiger partial charge < -0.3 is 28.6 Å². The van der Waals surface area contributed by atoms with Gasteiger partial charge >= 0.3 is 0 Å². The highest BCUT2D eigenvalue weighted by atomic mass is 16.7. The molecule has 0 aliphatic carbocycles. The first-order valence-corrected chi connectivity index (χ1v) is 9.46. The standard InChI is InChI=1S/C23H21NO5/c1-24-17(8-9-25)21-14(6-7-18(26-2)23(21)27-3)15-5-4-13-10-19-20(29-12-28-19)11-16(13)22(15)24/h4-7,9-11,17H,8,12H2,1-3H3/t17-/m0/s1. The van der Waals surface area contributed by atoms with E-state index in [0.29, 0.717) is 17.9 Å². The van der Waals surface area contributed by atoms with E-state index in [1.807, 2.05) is 31.3 Å². The zero-order valence-electron chi connectivity index (χ0n) is 16.5. The Kier molecular flexibility index (Phi) is 4.01. The lowest BCUT2D eigenvalue weighted by Crippen LogP contribution is -2.29. The van der Waals surface area contributed by atoms with Crippen molar-refractivity contribution in [2.24, 2.45) is 0 Å². The van der Waals surface area contributed by atoms with E-state index in [-0.39, 0.29) is 12.8 Å². The molecule has 3 aromatic carbocycles. The summed E-state index contributed by atoms with van der Waals surface area (Å²) in [7, 11) is 5.27. The maximum atomic E-state index is 11.6. The van der Waals surface area contributed by atoms with Crippen LogP contribution in [-0.2, 0) is 4.79 Å². The van der Waals surface area contributed by atoms with Gasteiger partial charge in [0.05, 0.1) is 25.9 Å². The Morgan fingerprint density at radius 1 is 1.07 bits per heavy atom. The van der Waals surface area contributed by atoms with Crippen LogP contribution in [0.3, 0.4) is 0 Å². The number of carbonyl (C=O) groups excluding carboxylic acids is 1. The number of methoxy groups -OCH3 is 2. The fraction of sp³-hybridized carbons (Fsp3) is 0.261. The first-order valence-electron chi connectivity index (χ1n) is 9.46. The van der Waals surface area contributed by atoms with Crippen molar-refractivity contribution in [1.82, 2.24) is 0 Å². The molecular formula is C23H21NO5. The van der Waals surface area contributed by atoms with Gasteiger partial charge in [-0.25, -0.2) is 0 Å². The summed E-state index contributed by atoms with van der Waals surface area (Å²) >= 11 is 0. The Labute approximate surface area is 168 Å². The highest BCUT2D eigenvalue weighted by Gasteiger charge is 2.34. The van der Waals surface area contributed by atoms with Crippen LogP contribution in [0.4, 0.5) is 5.69 Å². The summed E-state index contributed by atoms with van der Waals surface area (Å²) in [6.45, 7) is 0.233. The van der Waals surface area contributed by atoms with E-state index in [1.54, 1.807) is 14.2 Å². The number of hydrogen-bond donors (Lipinski definition) is 0. The molecule has 0 aromatic heterocycles. The fourth-order valence-corrected chi connectivity index (χ4v) is 4.53. The number of fused-ring (bicyclic) bond motifs is 6. The molecule has 0 amide bonds. The molecule has 148 valence electrons. The first kappa shape index (κ1) is 17.7. The third kappa shape index (κ3) is 2.45. The Balaban J connectivity index is 1.84. The number of rotatable bonds is 4. The predicted octanol–water partition coefficient (Wildman–Crippen LogP) is 4.33. The lowest BCUT2D eigenvalue weighted by molar-refractivity contribution is -0.108. The minimum Gasteiger partial charge on any atom is -0.493 e. The van der Waals surface area contributed by atoms with E-state index in [0.717, 1.165) is 50.9 Å². The van der Waals surface area contributed by atoms with Crippen LogP contribution in [-0.4, -0.2) is 34.3 Å². The molecule has 6 nitrogen and oxygen atoms in total. The topological polar surface area (TPSA) is 57.2 Å². The summed E-state index contributed by atoms with van der Waals surface area (Å²) in [5, 5.41) is 2.12. The summed E-state index contributed by atoms with van der Waals surface area (Å²) in [5.74, 6) is 2.82. The number of anilines is 1. The van der Waals surface area contributed by atoms with Gasteiger partial charge in [0, 0.05) is 30.0 Å². The molecular weight excluding hydrogens is 370 g/mol. The van der Waals surface area contributed by atoms with Crippen molar-refractivity contribution < 1.29 is 23.7 Å². The van der Waals surface area contributed by atoms with Crippen LogP contribution in [0.2, 0.25) is 0 Å². The molecule has 6 heteroatoms. The Hall–Kier alpha value is -3.41. The van der Waals surface area contributed by atoms with Crippen molar-refractivity contribution in [3.05, 3.63) is 42.0 Å². The molecule has 5 rings (SSSR count). The molecule has 2 aliphatic rings. The van der Waals surface area contributed by atoms with Gasteiger partial charge in [-0.05, 0) is 35.2 Å². The monoisotopic (exact) mass is 391 g/mol. The van der Waals surface area contributed by atoms with Crippen LogP contribution in [0.1, 0.15) is 18.0 Å². The van der Waals surface area contributed by atoms with Crippen molar-refractivity contribution in [3.63, 3.8) is 0 Å². The van der Waals surface area contributed by atoms with E-state index >= 15 is 0 Å². The normalized spacial score (nSPS) is 16.4. The van der Waals surface area contributed by atoms with E-state index in [1.165, 1.54) is 0 Å². The minimum atomic E-state index is -0.170. The second-order valence-corrected chi connectivity index (χ2v) is 7.18. The third-order valence-electron chi connectivity index (χ3n) is 5.83. The summed E-state index contributed by atoms with van der Waals surface area (Å²) in [4.78, 5) is 13.7. The van der Waals surface area contributed by atoms with E-state index in [4.69, 9.17) is 18.9 Å². The van der Waals surface area contributed by atoms with Crippen LogP contribution < -0.4 is 23.8 Å². The molecule has 0 bridgehead atoms. The van der Waals surface area contributed by atoms with Crippen LogP contribution in [0, 0.1) is 0 Å². The molecule has 1 atom stereocenters. The molecule has 2 heterocycles. The third-order valence-corrected chi connectivity index (χ3v) is 5.83. The largest absolute Gasteiger partial charge is 0.493 e. The maximum Gasteiger partial charge on any atom is 0.231 e. The van der Waals surface area contributed by atoms with Crippen LogP contribution in [0.25, 0.3) is 21.9 Å². The highest BCUT2D eigenvalue weighted by molar-refractivity contribution is 6.05. The zero-order chi connectivity index (χ0) is 20.1. The first-order chi connectivity index (χ1) is 14.2. The SMILES string of the molecule is COc1ccc2c(c1OC)[C@H](CC=O)N(C)c1c-2ccc2cc3c(cc12)OCO3. The molecule has 0 saturated heterocycles. The lowest BCUT2D eigenvalue weighted by Gasteiger charge is -2.38. The van der Waals surface area contributed by atoms with E-state index in [2.05, 4.69) is 17.0 Å². The average molecular weight is 391 g/mol. The second-order valence-electron chi connectivity index (χ2n) is 7.18. The highest BCUT2D eigenvalue weighted by Crippen LogP contribution is 2.54. The maximum absolute atomic E-state index is 11.6. The number of carbonyl (C=O) groups is 1. The Morgan fingerprint density at radius 2 is 1.83 bits per heavy atom. The molecule has 2 aliphatic heterocycles. The van der Waals surface area contributed by atoms with Gasteiger partial charge in [0.25, 0.3) is 0 Å². The Bertz CT molecular complexity index is 1140. The van der Waals surface area contributed by atoms with Crippen LogP contribution in [0.15, 0.2) is 36.4 Å². The van der Waals surface area contributed by atoms with Gasteiger partial charge in [0.2, 0.25) is 6.79 Å². The number of hydrogen-bond acceptors (Lipinski definition) is 6. The number of aldehydes is 1. The second kappa shape index (κ2) is 6.58. The molecule has 0 N–H and O–H groups in total. The lowest BCUT2D eigenvalue weighted by atomic mass is 9.84. The zero-order valence-corrected chi connectivity index (χ0v) is 16.5. The van der Waals surface area contributed by atoms with Crippen molar-refractivity contribution in [3.8, 4) is 34.1 Å². The van der Waals surface area contributed by atoms with Gasteiger partial charge in [0.1, 0.15) is 6.29 Å². The molecule has 3 aromatic rings. The molecule has 0 unspecified atom stereocenters. The van der Waals surface area contributed by atoms with Crippen molar-refractivity contribution in [2.45, 2.75) is 12.5 Å². The molecule has 0 spiro atoms. The number of benzene rings is 3. The minimum absolute atomic E-state index is 0.170. The number of nitrogens with zero attached hydrogens (tertiary/aromatic N) is 1. The van der Waals surface area contributed by atoms with Gasteiger partial charge in [0.15, 0.2) is 23.0 Å². The predicted molar refractivity (Wildman–Crippen MR) is 110 cm³/mol. The molecule has 0 radical (unpaired) electrons. The summed E-state index contributed by atoms with van der Waals surface area (Å²) in [5.41, 5.74) is 4.15. The van der Waals surface area contributed by atoms with Gasteiger partial charge in [-0.2, -0.15) is 0 Å². The fourth-order valence-electron chi connectivity index (χ4n) is 4.53. The Morgan fingerprint density at radius 3 is 2.55 bits per heavy atom. The summed E-state index contributed by atoms with van der Waals surface area (Å²) in [6.07, 6.45) is 1.29. The van der Waals surface area contributed by atoms with Gasteiger partial charge in [-0.1, -0.05) is 12.1 Å². The molecule has 29 heavy (non-hydrogen) atoms. The van der Waals surface area contributed by atoms with Crippen molar-refractivity contribution in [1.29, 1.82) is 0 Å². The molecule has 0 saturated carbocycles.